The van der Waals surface area contributed by atoms with E-state index in [1.165, 1.54) is 92.3 Å². The summed E-state index contributed by atoms with van der Waals surface area (Å²) in [6.45, 7) is 7.68. The first-order valence-electron chi connectivity index (χ1n) is 31.0. The highest BCUT2D eigenvalue weighted by molar-refractivity contribution is 7.91. The third-order valence-electron chi connectivity index (χ3n) is 12.6. The van der Waals surface area contributed by atoms with Crippen molar-refractivity contribution in [2.24, 2.45) is 10.7 Å². The Morgan fingerprint density at radius 2 is 0.972 bits per heavy atom. The molecule has 12 rings (SSSR count). The van der Waals surface area contributed by atoms with Gasteiger partial charge in [0.2, 0.25) is 5.90 Å². The van der Waals surface area contributed by atoms with Crippen LogP contribution in [0.4, 0.5) is 5.69 Å². The van der Waals surface area contributed by atoms with Crippen molar-refractivity contribution in [1.29, 1.82) is 0 Å². The van der Waals surface area contributed by atoms with Gasteiger partial charge < -0.3 is 42.2 Å². The molecule has 0 unspecified atom stereocenters. The molecule has 0 aliphatic carbocycles. The zero-order chi connectivity index (χ0) is 79.3. The maximum absolute atomic E-state index is 13.1. The largest absolute Gasteiger partial charge is 0.481 e. The molecule has 2 aromatic carbocycles. The zero-order valence-corrected chi connectivity index (χ0v) is 65.8. The number of nitrogens with zero attached hydrogens (tertiary/aromatic N) is 5. The number of hydrogen-bond donors (Lipinski definition) is 7. The molecule has 9 N–H and O–H groups in total. The van der Waals surface area contributed by atoms with E-state index in [0.717, 1.165) is 44.1 Å². The predicted molar refractivity (Wildman–Crippen MR) is 423 cm³/mol. The number of carboxylic acid groups (broad SMARTS) is 3. The van der Waals surface area contributed by atoms with Gasteiger partial charge in [-0.3, -0.25) is 38.4 Å². The summed E-state index contributed by atoms with van der Waals surface area (Å²) in [4.78, 5) is 123. The molecule has 0 saturated carbocycles. The molecule has 1 aliphatic heterocycles. The number of anilines is 1. The summed E-state index contributed by atoms with van der Waals surface area (Å²) < 4.78 is 55.3. The summed E-state index contributed by atoms with van der Waals surface area (Å²) in [5, 5.41) is 40.9. The number of aldehydes is 1. The number of sulfone groups is 2. The third-order valence-corrected chi connectivity index (χ3v) is 22.0. The smallest absolute Gasteiger partial charge is 0.363 e. The molecular formula is C72H68ClN9O17S9. The van der Waals surface area contributed by atoms with Gasteiger partial charge in [-0.05, 0) is 186 Å². The molecule has 9 aromatic heterocycles. The van der Waals surface area contributed by atoms with Gasteiger partial charge >= 0.3 is 17.9 Å². The van der Waals surface area contributed by atoms with Crippen molar-refractivity contribution < 1.29 is 80.0 Å². The molecule has 0 spiro atoms. The van der Waals surface area contributed by atoms with Gasteiger partial charge in [-0.2, -0.15) is 0 Å². The Morgan fingerprint density at radius 1 is 0.556 bits per heavy atom. The van der Waals surface area contributed by atoms with Gasteiger partial charge in [-0.1, -0.05) is 54.6 Å². The Bertz CT molecular complexity index is 5030. The van der Waals surface area contributed by atoms with E-state index in [1.54, 1.807) is 127 Å². The number of halogens is 1. The minimum absolute atomic E-state index is 0.00242. The number of ether oxygens (including phenoxy) is 1. The van der Waals surface area contributed by atoms with Gasteiger partial charge in [0.1, 0.15) is 29.7 Å². The molecule has 0 fully saturated rings. The maximum atomic E-state index is 13.1. The van der Waals surface area contributed by atoms with Crippen LogP contribution in [0.3, 0.4) is 0 Å². The van der Waals surface area contributed by atoms with Gasteiger partial charge in [-0.25, -0.2) is 46.6 Å². The topological polar surface area (TPSA) is 432 Å². The van der Waals surface area contributed by atoms with Gasteiger partial charge in [0.25, 0.3) is 23.0 Å². The SMILES string of the molecule is CC(=O)O.Cc1cc(C)nc(CS(=O)(=O)c2ccc(CC(=O)/C(=C/c3cccs3)NC(=O)c3cccs3)cc2)n1.Cc1cc(C)nc(CS(=O)(=O)c2ccc(N)cc2)n1.NCC(=O)O.O=C(Cl)c1cccs1.O=C(O)CNC(=O)c1cccs1.O=C1OC(c2cccs2)=N/C1=C\c1cccs1.O=Cc1cccs1. The maximum Gasteiger partial charge on any atom is 0.363 e. The lowest BCUT2D eigenvalue weighted by atomic mass is 10.1. The van der Waals surface area contributed by atoms with Crippen molar-refractivity contribution in [3.05, 3.63) is 269 Å². The highest BCUT2D eigenvalue weighted by Gasteiger charge is 2.25. The number of esters is 1. The van der Waals surface area contributed by atoms with Crippen molar-refractivity contribution >= 4 is 187 Å². The molecule has 108 heavy (non-hydrogen) atoms. The number of nitrogen functional groups attached to an aromatic ring is 1. The van der Waals surface area contributed by atoms with Crippen LogP contribution in [0.2, 0.25) is 0 Å². The second-order valence-corrected chi connectivity index (χ2v) is 32.4. The Morgan fingerprint density at radius 3 is 1.36 bits per heavy atom. The third kappa shape index (κ3) is 32.7. The second-order valence-electron chi connectivity index (χ2n) is 21.4. The number of ketones is 1. The van der Waals surface area contributed by atoms with E-state index in [0.29, 0.717) is 54.7 Å². The monoisotopic (exact) mass is 1650 g/mol. The number of carbonyl (C=O) groups excluding carboxylic acids is 6. The summed E-state index contributed by atoms with van der Waals surface area (Å²) >= 11 is 15.0. The number of aryl methyl sites for hydroxylation is 4. The molecule has 36 heteroatoms. The number of aliphatic carboxylic acids is 3. The predicted octanol–water partition coefficient (Wildman–Crippen LogP) is 12.9. The first-order valence-corrected chi connectivity index (χ1v) is 40.8. The van der Waals surface area contributed by atoms with Crippen LogP contribution in [-0.4, -0.2) is 124 Å². The number of nitrogens with one attached hydrogen (secondary N) is 2. The number of carboxylic acids is 3. The van der Waals surface area contributed by atoms with Crippen LogP contribution in [-0.2, 0) is 66.3 Å². The van der Waals surface area contributed by atoms with Crippen LogP contribution < -0.4 is 22.1 Å². The van der Waals surface area contributed by atoms with Crippen molar-refractivity contribution in [1.82, 2.24) is 30.6 Å². The van der Waals surface area contributed by atoms with Crippen LogP contribution >= 0.6 is 91.0 Å². The highest BCUT2D eigenvalue weighted by Crippen LogP contribution is 2.25. The second kappa shape index (κ2) is 45.2. The molecular weight excluding hydrogens is 1590 g/mol. The lowest BCUT2D eigenvalue weighted by molar-refractivity contribution is -0.136. The number of carbonyl (C=O) groups is 9. The number of rotatable bonds is 20. The van der Waals surface area contributed by atoms with Crippen LogP contribution in [0.5, 0.6) is 0 Å². The minimum atomic E-state index is -3.66. The van der Waals surface area contributed by atoms with E-state index >= 15 is 0 Å². The van der Waals surface area contributed by atoms with Crippen molar-refractivity contribution in [2.45, 2.75) is 62.3 Å². The number of cyclic esters (lactones) is 1. The molecule has 1 aliphatic rings. The van der Waals surface area contributed by atoms with E-state index in [4.69, 9.17) is 42.2 Å². The first-order chi connectivity index (χ1) is 51.3. The lowest BCUT2D eigenvalue weighted by Crippen LogP contribution is -2.28. The summed E-state index contributed by atoms with van der Waals surface area (Å²) in [7, 11) is -7.10. The molecule has 0 radical (unpaired) electrons. The quantitative estimate of drug-likeness (QED) is 0.0122. The standard InChI is InChI=1S/C26H23N3O4S3.C13H15N3O2S.C12H7NO2S2.C7H7NO3S.C5H3ClOS.C5H4OS.C2H5NO2.C2H4O2/c1-17-13-18(2)28-25(27-17)16-36(32,33)21-9-7-19(8-10-21)14-23(30)22(15-20-5-3-11-34-20)29-26(31)24-6-4-12-35-24;1-9-7-10(2)16-13(15-9)8-19(17,18)12-5-3-11(14)4-6-12;14-12-9(7-8-3-1-5-16-8)13-11(15-12)10-4-2-6-17-10;9-6(10)4-8-7(11)5-2-1-3-12-5;6-5(7)4-2-1-3-8-4;6-4-5-2-1-3-7-5;3-1-2(4)5;1-2(3)4/h3-13,15H,14,16H2,1-2H3,(H,29,31);3-7H,8,14H2,1-2H3;1-7H;1-3H,4H2,(H,8,11)(H,9,10);1-3H;1-4H;1,3H2,(H,4,5);1H3,(H,3,4)/b22-15-;;9-7-;;;;;. The summed E-state index contributed by atoms with van der Waals surface area (Å²) in [5.41, 5.74) is 14.7. The van der Waals surface area contributed by atoms with Crippen LogP contribution in [0.1, 0.15) is 100 Å². The number of Topliss-reactive ketones (excluding diaryl/α,β-unsaturated/α-hetero) is 1. The highest BCUT2D eigenvalue weighted by atomic mass is 35.5. The number of nitrogens with two attached hydrogens (primary N) is 2. The number of amides is 2. The van der Waals surface area contributed by atoms with E-state index in [-0.39, 0.29) is 81.1 Å². The van der Waals surface area contributed by atoms with Crippen LogP contribution in [0.15, 0.2) is 209 Å². The van der Waals surface area contributed by atoms with Crippen molar-refractivity contribution in [2.75, 3.05) is 18.8 Å². The van der Waals surface area contributed by atoms with Gasteiger partial charge in [0.15, 0.2) is 37.4 Å². The Kier molecular flexibility index (Phi) is 36.8. The Labute approximate surface area is 653 Å². The molecule has 0 atom stereocenters. The van der Waals surface area contributed by atoms with E-state index in [1.807, 2.05) is 83.2 Å². The number of benzene rings is 2. The zero-order valence-electron chi connectivity index (χ0n) is 57.7. The summed E-state index contributed by atoms with van der Waals surface area (Å²) in [6.07, 6.45) is 4.25. The molecule has 0 saturated heterocycles. The van der Waals surface area contributed by atoms with Gasteiger partial charge in [0.05, 0.1) is 46.4 Å². The van der Waals surface area contributed by atoms with Crippen molar-refractivity contribution in [3.63, 3.8) is 0 Å². The molecule has 11 aromatic rings. The molecule has 564 valence electrons. The van der Waals surface area contributed by atoms with Crippen LogP contribution in [0, 0.1) is 27.7 Å². The van der Waals surface area contributed by atoms with E-state index in [9.17, 15) is 55.2 Å². The van der Waals surface area contributed by atoms with E-state index < -0.39 is 37.6 Å². The van der Waals surface area contributed by atoms with Gasteiger partial charge in [0, 0.05) is 51.6 Å². The minimum Gasteiger partial charge on any atom is -0.481 e. The molecule has 26 nitrogen and oxygen atoms in total. The van der Waals surface area contributed by atoms with Crippen molar-refractivity contribution in [3.8, 4) is 0 Å². The average molecular weight is 1660 g/mol. The number of aliphatic imine (C=N–C) groups is 1. The van der Waals surface area contributed by atoms with E-state index in [2.05, 4.69) is 41.3 Å². The molecule has 0 bridgehead atoms. The number of allylic oxidation sites excluding steroid dienone is 1. The Balaban J connectivity index is 0.000000246. The fourth-order valence-corrected chi connectivity index (χ4v) is 15.0. The number of thiophene rings is 7. The fraction of sp³-hybridized carbons (Fsp3) is 0.139. The normalized spacial score (nSPS) is 11.5. The average Bonchev–Trinajstić information content (AvgIpc) is 1.45. The Hall–Kier alpha value is -10.6. The molecule has 10 heterocycles. The lowest BCUT2D eigenvalue weighted by Gasteiger charge is -2.10. The van der Waals surface area contributed by atoms with Crippen LogP contribution in [0.25, 0.3) is 12.2 Å². The van der Waals surface area contributed by atoms with Gasteiger partial charge in [-0.15, -0.1) is 79.4 Å². The number of hydrogen-bond acceptors (Lipinski definition) is 28. The first kappa shape index (κ1) is 88.1. The summed E-state index contributed by atoms with van der Waals surface area (Å²) in [6, 6.07) is 41.2. The fourth-order valence-electron chi connectivity index (χ4n) is 8.12. The number of aromatic nitrogens is 4. The summed E-state index contributed by atoms with van der Waals surface area (Å²) in [5.74, 6) is -3.77. The molecule has 2 amide bonds.